The first kappa shape index (κ1) is 17.4. The molecular formula is C19H20BrNO2. The molecule has 0 saturated carbocycles. The predicted molar refractivity (Wildman–Crippen MR) is 94.6 cm³/mol. The number of unbranched alkanes of at least 4 members (excludes halogenated alkanes) is 1. The summed E-state index contributed by atoms with van der Waals surface area (Å²) < 4.78 is 12.6. The number of hydrogen-bond donors (Lipinski definition) is 0. The van der Waals surface area contributed by atoms with Gasteiger partial charge in [-0.2, -0.15) is 5.26 Å². The maximum atomic E-state index is 8.61. The number of rotatable bonds is 8. The zero-order valence-electron chi connectivity index (χ0n) is 13.2. The molecule has 2 aromatic rings. The molecule has 0 aliphatic rings. The Morgan fingerprint density at radius 2 is 1.87 bits per heavy atom. The monoisotopic (exact) mass is 373 g/mol. The highest BCUT2D eigenvalue weighted by Crippen LogP contribution is 2.38. The van der Waals surface area contributed by atoms with Crippen molar-refractivity contribution >= 4 is 15.9 Å². The highest BCUT2D eigenvalue weighted by Gasteiger charge is 2.13. The molecule has 0 spiro atoms. The largest absolute Gasteiger partial charge is 0.492 e. The Kier molecular flexibility index (Phi) is 6.96. The smallest absolute Gasteiger partial charge is 0.140 e. The summed E-state index contributed by atoms with van der Waals surface area (Å²) in [7, 11) is 0. The van der Waals surface area contributed by atoms with Gasteiger partial charge < -0.3 is 9.47 Å². The van der Waals surface area contributed by atoms with Gasteiger partial charge in [0.2, 0.25) is 0 Å². The van der Waals surface area contributed by atoms with Gasteiger partial charge in [0.15, 0.2) is 0 Å². The van der Waals surface area contributed by atoms with E-state index in [1.54, 1.807) is 0 Å². The molecule has 0 aromatic heterocycles. The predicted octanol–water partition coefficient (Wildman–Crippen LogP) is 5.27. The fourth-order valence-electron chi connectivity index (χ4n) is 2.18. The number of ether oxygens (including phenoxy) is 2. The minimum Gasteiger partial charge on any atom is -0.492 e. The lowest BCUT2D eigenvalue weighted by Gasteiger charge is -2.16. The van der Waals surface area contributed by atoms with E-state index < -0.39 is 0 Å². The van der Waals surface area contributed by atoms with Gasteiger partial charge in [0, 0.05) is 6.42 Å². The van der Waals surface area contributed by atoms with Crippen LogP contribution < -0.4 is 9.47 Å². The maximum absolute atomic E-state index is 8.61. The molecule has 0 bridgehead atoms. The third-order valence-corrected chi connectivity index (χ3v) is 4.19. The molecule has 0 unspecified atom stereocenters. The van der Waals surface area contributed by atoms with Crippen LogP contribution in [-0.2, 0) is 13.0 Å². The molecule has 0 aliphatic heterocycles. The Hall–Kier alpha value is -1.99. The summed E-state index contributed by atoms with van der Waals surface area (Å²) in [5, 5.41) is 8.61. The van der Waals surface area contributed by atoms with Crippen molar-refractivity contribution in [1.29, 1.82) is 5.26 Å². The van der Waals surface area contributed by atoms with Crippen LogP contribution in [0.15, 0.2) is 46.9 Å². The second kappa shape index (κ2) is 9.22. The fourth-order valence-corrected chi connectivity index (χ4v) is 2.80. The Labute approximate surface area is 146 Å². The molecule has 0 heterocycles. The molecule has 0 amide bonds. The molecule has 2 rings (SSSR count). The highest BCUT2D eigenvalue weighted by atomic mass is 79.9. The average molecular weight is 374 g/mol. The van der Waals surface area contributed by atoms with Crippen LogP contribution in [0.3, 0.4) is 0 Å². The van der Waals surface area contributed by atoms with Gasteiger partial charge in [0.05, 0.1) is 12.7 Å². The van der Waals surface area contributed by atoms with Gasteiger partial charge in [-0.15, -0.1) is 0 Å². The second-order valence-corrected chi connectivity index (χ2v) is 5.90. The van der Waals surface area contributed by atoms with Gasteiger partial charge in [0.1, 0.15) is 22.6 Å². The van der Waals surface area contributed by atoms with E-state index in [1.807, 2.05) is 42.5 Å². The zero-order chi connectivity index (χ0) is 16.5. The van der Waals surface area contributed by atoms with Gasteiger partial charge in [-0.1, -0.05) is 43.3 Å². The summed E-state index contributed by atoms with van der Waals surface area (Å²) in [5.41, 5.74) is 2.25. The Morgan fingerprint density at radius 3 is 2.57 bits per heavy atom. The highest BCUT2D eigenvalue weighted by molar-refractivity contribution is 9.10. The first-order valence-corrected chi connectivity index (χ1v) is 8.53. The van der Waals surface area contributed by atoms with Gasteiger partial charge >= 0.3 is 0 Å². The zero-order valence-corrected chi connectivity index (χ0v) is 14.8. The van der Waals surface area contributed by atoms with Crippen molar-refractivity contribution in [3.05, 3.63) is 58.1 Å². The fraction of sp³-hybridized carbons (Fsp3) is 0.316. The summed E-state index contributed by atoms with van der Waals surface area (Å²) in [4.78, 5) is 0. The van der Waals surface area contributed by atoms with E-state index in [9.17, 15) is 0 Å². The molecule has 4 heteroatoms. The number of nitriles is 1. The van der Waals surface area contributed by atoms with Gasteiger partial charge in [0.25, 0.3) is 0 Å². The molecule has 0 atom stereocenters. The first-order valence-electron chi connectivity index (χ1n) is 7.74. The van der Waals surface area contributed by atoms with Crippen LogP contribution in [0.25, 0.3) is 0 Å². The van der Waals surface area contributed by atoms with Gasteiger partial charge in [-0.3, -0.25) is 0 Å². The third kappa shape index (κ3) is 5.01. The first-order chi connectivity index (χ1) is 11.3. The second-order valence-electron chi connectivity index (χ2n) is 5.10. The Morgan fingerprint density at radius 1 is 1.09 bits per heavy atom. The Balaban J connectivity index is 2.09. The molecule has 2 aromatic carbocycles. The van der Waals surface area contributed by atoms with Gasteiger partial charge in [-0.05, 0) is 46.0 Å². The van der Waals surface area contributed by atoms with E-state index in [-0.39, 0.29) is 0 Å². The van der Waals surface area contributed by atoms with Crippen molar-refractivity contribution in [2.75, 3.05) is 6.61 Å². The van der Waals surface area contributed by atoms with E-state index in [0.29, 0.717) is 19.6 Å². The van der Waals surface area contributed by atoms with E-state index in [0.717, 1.165) is 39.9 Å². The molecule has 23 heavy (non-hydrogen) atoms. The van der Waals surface area contributed by atoms with Crippen LogP contribution in [0.5, 0.6) is 11.5 Å². The summed E-state index contributed by atoms with van der Waals surface area (Å²) in [6, 6.07) is 16.2. The molecule has 0 fully saturated rings. The number of benzene rings is 2. The number of nitrogens with zero attached hydrogens (tertiary/aromatic N) is 1. The number of aryl methyl sites for hydroxylation is 1. The minimum absolute atomic E-state index is 0.503. The van der Waals surface area contributed by atoms with E-state index in [2.05, 4.69) is 28.9 Å². The average Bonchev–Trinajstić information content (AvgIpc) is 2.59. The lowest BCUT2D eigenvalue weighted by Crippen LogP contribution is -2.03. The SMILES string of the molecule is CCc1ccc(OCc2ccccc2)c(Br)c1OCCCC#N. The normalized spacial score (nSPS) is 10.1. The van der Waals surface area contributed by atoms with E-state index in [4.69, 9.17) is 14.7 Å². The maximum Gasteiger partial charge on any atom is 0.140 e. The van der Waals surface area contributed by atoms with Crippen molar-refractivity contribution in [3.63, 3.8) is 0 Å². The molecule has 120 valence electrons. The lowest BCUT2D eigenvalue weighted by molar-refractivity contribution is 0.288. The standard InChI is InChI=1S/C19H20BrNO2/c1-2-16-10-11-17(23-14-15-8-4-3-5-9-15)18(20)19(16)22-13-7-6-12-21/h3-5,8-11H,2,6-7,13-14H2,1H3. The number of halogens is 1. The van der Waals surface area contributed by atoms with Crippen LogP contribution in [0.2, 0.25) is 0 Å². The van der Waals surface area contributed by atoms with Crippen molar-refractivity contribution in [3.8, 4) is 17.6 Å². The summed E-state index contributed by atoms with van der Waals surface area (Å²) >= 11 is 3.60. The number of hydrogen-bond acceptors (Lipinski definition) is 3. The van der Waals surface area contributed by atoms with Crippen LogP contribution in [0, 0.1) is 11.3 Å². The van der Waals surface area contributed by atoms with Crippen LogP contribution in [-0.4, -0.2) is 6.61 Å². The molecule has 0 N–H and O–H groups in total. The topological polar surface area (TPSA) is 42.2 Å². The molecule has 3 nitrogen and oxygen atoms in total. The van der Waals surface area contributed by atoms with E-state index in [1.165, 1.54) is 0 Å². The summed E-state index contributed by atoms with van der Waals surface area (Å²) in [5.74, 6) is 1.58. The summed E-state index contributed by atoms with van der Waals surface area (Å²) in [6.07, 6.45) is 2.11. The van der Waals surface area contributed by atoms with Crippen LogP contribution >= 0.6 is 15.9 Å². The van der Waals surface area contributed by atoms with E-state index >= 15 is 0 Å². The third-order valence-electron chi connectivity index (χ3n) is 3.44. The summed E-state index contributed by atoms with van der Waals surface area (Å²) in [6.45, 7) is 3.13. The van der Waals surface area contributed by atoms with Crippen LogP contribution in [0.1, 0.15) is 30.9 Å². The molecule has 0 radical (unpaired) electrons. The van der Waals surface area contributed by atoms with Crippen molar-refractivity contribution < 1.29 is 9.47 Å². The molecular weight excluding hydrogens is 354 g/mol. The Bertz CT molecular complexity index is 665. The quantitative estimate of drug-likeness (QED) is 0.591. The van der Waals surface area contributed by atoms with Gasteiger partial charge in [-0.25, -0.2) is 0 Å². The van der Waals surface area contributed by atoms with Crippen LogP contribution in [0.4, 0.5) is 0 Å². The van der Waals surface area contributed by atoms with Crippen molar-refractivity contribution in [2.24, 2.45) is 0 Å². The van der Waals surface area contributed by atoms with Crippen molar-refractivity contribution in [1.82, 2.24) is 0 Å². The molecule has 0 saturated heterocycles. The van der Waals surface area contributed by atoms with Crippen molar-refractivity contribution in [2.45, 2.75) is 32.8 Å². The molecule has 0 aliphatic carbocycles. The minimum atomic E-state index is 0.503. The lowest BCUT2D eigenvalue weighted by atomic mass is 10.1.